The number of carbonyl (C=O) groups is 2. The highest BCUT2D eigenvalue weighted by Gasteiger charge is 2.51. The summed E-state index contributed by atoms with van der Waals surface area (Å²) in [6.45, 7) is 0.445. The van der Waals surface area contributed by atoms with Gasteiger partial charge < -0.3 is 19.5 Å². The predicted molar refractivity (Wildman–Crippen MR) is 115 cm³/mol. The average molecular weight is 486 g/mol. The van der Waals surface area contributed by atoms with Crippen molar-refractivity contribution in [1.82, 2.24) is 0 Å². The molecule has 0 saturated heterocycles. The predicted octanol–water partition coefficient (Wildman–Crippen LogP) is 4.25. The molecule has 152 valence electrons. The van der Waals surface area contributed by atoms with Crippen LogP contribution < -0.4 is 14.4 Å². The van der Waals surface area contributed by atoms with E-state index in [1.165, 1.54) is 11.3 Å². The third kappa shape index (κ3) is 3.12. The Morgan fingerprint density at radius 3 is 2.80 bits per heavy atom. The number of fused-ring (bicyclic) bond motifs is 2. The number of halogens is 1. The van der Waals surface area contributed by atoms with Crippen molar-refractivity contribution in [2.75, 3.05) is 11.7 Å². The number of hydrogen-bond acceptors (Lipinski definition) is 6. The standard InChI is InChI=1S/C22H16BrNO5S/c23-14-4-5-17-16(9-14)22(27,21(26)24(17)11-15-2-1-7-30-15)10-18(25)13-3-6-19-20(8-13)29-12-28-19/h1-9,27H,10-12H2/t22-/m1/s1. The van der Waals surface area contributed by atoms with Gasteiger partial charge in [-0.1, -0.05) is 22.0 Å². The molecule has 8 heteroatoms. The number of amides is 1. The number of hydrogen-bond donors (Lipinski definition) is 1. The number of thiophene rings is 1. The van der Waals surface area contributed by atoms with Crippen LogP contribution in [0.2, 0.25) is 0 Å². The van der Waals surface area contributed by atoms with Crippen molar-refractivity contribution in [2.24, 2.45) is 0 Å². The van der Waals surface area contributed by atoms with Crippen LogP contribution in [0.25, 0.3) is 0 Å². The minimum atomic E-state index is -1.94. The van der Waals surface area contributed by atoms with E-state index in [-0.39, 0.29) is 19.0 Å². The molecule has 0 aliphatic carbocycles. The third-order valence-corrected chi connectivity index (χ3v) is 6.65. The highest BCUT2D eigenvalue weighted by atomic mass is 79.9. The monoisotopic (exact) mass is 485 g/mol. The number of anilines is 1. The van der Waals surface area contributed by atoms with Gasteiger partial charge in [0.05, 0.1) is 18.7 Å². The number of aliphatic hydroxyl groups is 1. The largest absolute Gasteiger partial charge is 0.454 e. The first-order chi connectivity index (χ1) is 14.5. The van der Waals surface area contributed by atoms with Crippen LogP contribution in [0.1, 0.15) is 27.2 Å². The van der Waals surface area contributed by atoms with Crippen LogP contribution >= 0.6 is 27.3 Å². The van der Waals surface area contributed by atoms with Gasteiger partial charge in [0.25, 0.3) is 5.91 Å². The molecular formula is C22H16BrNO5S. The summed E-state index contributed by atoms with van der Waals surface area (Å²) in [6.07, 6.45) is -0.365. The van der Waals surface area contributed by atoms with Crippen molar-refractivity contribution in [2.45, 2.75) is 18.6 Å². The van der Waals surface area contributed by atoms with Crippen LogP contribution in [-0.4, -0.2) is 23.6 Å². The zero-order valence-corrected chi connectivity index (χ0v) is 18.0. The third-order valence-electron chi connectivity index (χ3n) is 5.30. The SMILES string of the molecule is O=C(C[C@]1(O)C(=O)N(Cc2cccs2)c2ccc(Br)cc21)c1ccc2c(c1)OCO2. The Bertz CT molecular complexity index is 1160. The van der Waals surface area contributed by atoms with Crippen LogP contribution in [-0.2, 0) is 16.9 Å². The lowest BCUT2D eigenvalue weighted by atomic mass is 9.88. The molecule has 30 heavy (non-hydrogen) atoms. The molecule has 6 nitrogen and oxygen atoms in total. The number of benzene rings is 2. The molecule has 3 heterocycles. The number of Topliss-reactive ketones (excluding diaryl/α,β-unsaturated/α-hetero) is 1. The van der Waals surface area contributed by atoms with Gasteiger partial charge in [-0.05, 0) is 47.8 Å². The Balaban J connectivity index is 1.49. The highest BCUT2D eigenvalue weighted by Crippen LogP contribution is 2.45. The van der Waals surface area contributed by atoms with Crippen LogP contribution in [0.5, 0.6) is 11.5 Å². The van der Waals surface area contributed by atoms with E-state index in [0.29, 0.717) is 34.9 Å². The molecule has 0 spiro atoms. The number of rotatable bonds is 5. The molecule has 0 bridgehead atoms. The van der Waals surface area contributed by atoms with E-state index in [1.807, 2.05) is 23.6 Å². The fraction of sp³-hybridized carbons (Fsp3) is 0.182. The minimum Gasteiger partial charge on any atom is -0.454 e. The van der Waals surface area contributed by atoms with Gasteiger partial charge in [-0.3, -0.25) is 9.59 Å². The summed E-state index contributed by atoms with van der Waals surface area (Å²) in [6, 6.07) is 14.0. The molecule has 0 radical (unpaired) electrons. The van der Waals surface area contributed by atoms with Gasteiger partial charge >= 0.3 is 0 Å². The first kappa shape index (κ1) is 19.3. The van der Waals surface area contributed by atoms with Gasteiger partial charge in [-0.25, -0.2) is 0 Å². The summed E-state index contributed by atoms with van der Waals surface area (Å²) in [7, 11) is 0. The zero-order chi connectivity index (χ0) is 20.9. The topological polar surface area (TPSA) is 76.1 Å². The maximum Gasteiger partial charge on any atom is 0.264 e. The molecule has 0 saturated carbocycles. The van der Waals surface area contributed by atoms with Crippen molar-refractivity contribution >= 4 is 44.6 Å². The summed E-state index contributed by atoms with van der Waals surface area (Å²) in [5.74, 6) is 0.192. The molecule has 1 aromatic heterocycles. The van der Waals surface area contributed by atoms with Gasteiger partial charge in [0.15, 0.2) is 22.9 Å². The number of nitrogens with zero attached hydrogens (tertiary/aromatic N) is 1. The Kier molecular flexibility index (Phi) is 4.65. The van der Waals surface area contributed by atoms with Gasteiger partial charge in [0, 0.05) is 20.5 Å². The van der Waals surface area contributed by atoms with E-state index in [4.69, 9.17) is 9.47 Å². The molecule has 1 amide bonds. The van der Waals surface area contributed by atoms with Crippen molar-refractivity contribution < 1.29 is 24.2 Å². The summed E-state index contributed by atoms with van der Waals surface area (Å²) in [5.41, 5.74) is -0.553. The van der Waals surface area contributed by atoms with Crippen LogP contribution in [0, 0.1) is 0 Å². The first-order valence-electron chi connectivity index (χ1n) is 9.25. The molecule has 0 unspecified atom stereocenters. The molecule has 0 fully saturated rings. The van der Waals surface area contributed by atoms with E-state index in [0.717, 1.165) is 9.35 Å². The highest BCUT2D eigenvalue weighted by molar-refractivity contribution is 9.10. The second-order valence-corrected chi connectivity index (χ2v) is 9.11. The molecule has 5 rings (SSSR count). The van der Waals surface area contributed by atoms with Gasteiger partial charge in [-0.15, -0.1) is 11.3 Å². The molecule has 2 aliphatic heterocycles. The molecule has 1 atom stereocenters. The zero-order valence-electron chi connectivity index (χ0n) is 15.6. The Hall–Kier alpha value is -2.68. The maximum atomic E-state index is 13.3. The Morgan fingerprint density at radius 1 is 1.17 bits per heavy atom. The van der Waals surface area contributed by atoms with Crippen molar-refractivity contribution in [3.05, 3.63) is 74.4 Å². The smallest absolute Gasteiger partial charge is 0.264 e. The number of ether oxygens (including phenoxy) is 2. The van der Waals surface area contributed by atoms with E-state index in [2.05, 4.69) is 15.9 Å². The van der Waals surface area contributed by atoms with Crippen LogP contribution in [0.4, 0.5) is 5.69 Å². The molecule has 2 aromatic carbocycles. The van der Waals surface area contributed by atoms with Crippen molar-refractivity contribution in [3.8, 4) is 11.5 Å². The number of ketones is 1. The van der Waals surface area contributed by atoms with E-state index < -0.39 is 11.5 Å². The lowest BCUT2D eigenvalue weighted by Crippen LogP contribution is -2.41. The lowest BCUT2D eigenvalue weighted by molar-refractivity contribution is -0.136. The molecule has 2 aliphatic rings. The fourth-order valence-electron chi connectivity index (χ4n) is 3.81. The summed E-state index contributed by atoms with van der Waals surface area (Å²) in [4.78, 5) is 28.9. The van der Waals surface area contributed by atoms with Gasteiger partial charge in [0.1, 0.15) is 0 Å². The molecule has 1 N–H and O–H groups in total. The van der Waals surface area contributed by atoms with E-state index >= 15 is 0 Å². The van der Waals surface area contributed by atoms with E-state index in [1.54, 1.807) is 35.2 Å². The van der Waals surface area contributed by atoms with Crippen molar-refractivity contribution in [3.63, 3.8) is 0 Å². The first-order valence-corrected chi connectivity index (χ1v) is 10.9. The molecule has 3 aromatic rings. The van der Waals surface area contributed by atoms with Gasteiger partial charge in [0.2, 0.25) is 6.79 Å². The normalized spacial score (nSPS) is 19.3. The van der Waals surface area contributed by atoms with Crippen molar-refractivity contribution in [1.29, 1.82) is 0 Å². The van der Waals surface area contributed by atoms with Crippen LogP contribution in [0.3, 0.4) is 0 Å². The molecular weight excluding hydrogens is 470 g/mol. The average Bonchev–Trinajstić information content (AvgIpc) is 3.45. The summed E-state index contributed by atoms with van der Waals surface area (Å²) >= 11 is 4.94. The van der Waals surface area contributed by atoms with Gasteiger partial charge in [-0.2, -0.15) is 0 Å². The quantitative estimate of drug-likeness (QED) is 0.546. The van der Waals surface area contributed by atoms with Crippen LogP contribution in [0.15, 0.2) is 58.4 Å². The Morgan fingerprint density at radius 2 is 2.00 bits per heavy atom. The second-order valence-electron chi connectivity index (χ2n) is 7.16. The second kappa shape index (κ2) is 7.23. The minimum absolute atomic E-state index is 0.106. The summed E-state index contributed by atoms with van der Waals surface area (Å²) in [5, 5.41) is 13.4. The number of carbonyl (C=O) groups excluding carboxylic acids is 2. The van der Waals surface area contributed by atoms with E-state index in [9.17, 15) is 14.7 Å². The summed E-state index contributed by atoms with van der Waals surface area (Å²) < 4.78 is 11.3. The fourth-order valence-corrected chi connectivity index (χ4v) is 4.87. The lowest BCUT2D eigenvalue weighted by Gasteiger charge is -2.22. The Labute approximate surface area is 184 Å². The maximum absolute atomic E-state index is 13.3.